The van der Waals surface area contributed by atoms with Crippen LogP contribution in [-0.4, -0.2) is 24.8 Å². The topological polar surface area (TPSA) is 50.4 Å². The standard InChI is InChI=1S/C13H15BrF2N2O2/c1-7(11-3-2-4-20-11)17-13(19)18-12-9(15)5-8(14)6-10(12)16/h5-7,11H,2-4H2,1H3,(H2,17,18,19)/t7-,11+/m0/s1. The lowest BCUT2D eigenvalue weighted by Gasteiger charge is -2.20. The fourth-order valence-electron chi connectivity index (χ4n) is 2.11. The van der Waals surface area contributed by atoms with Crippen LogP contribution >= 0.6 is 15.9 Å². The Hall–Kier alpha value is -1.21. The molecule has 2 rings (SSSR count). The highest BCUT2D eigenvalue weighted by atomic mass is 79.9. The maximum absolute atomic E-state index is 13.6. The number of benzene rings is 1. The Morgan fingerprint density at radius 2 is 2.10 bits per heavy atom. The third-order valence-electron chi connectivity index (χ3n) is 3.13. The summed E-state index contributed by atoms with van der Waals surface area (Å²) in [7, 11) is 0. The van der Waals surface area contributed by atoms with Gasteiger partial charge in [0.2, 0.25) is 0 Å². The predicted octanol–water partition coefficient (Wildman–Crippen LogP) is 3.42. The van der Waals surface area contributed by atoms with Gasteiger partial charge in [-0.3, -0.25) is 0 Å². The predicted molar refractivity (Wildman–Crippen MR) is 74.6 cm³/mol. The molecule has 0 spiro atoms. The van der Waals surface area contributed by atoms with Crippen molar-refractivity contribution in [3.63, 3.8) is 0 Å². The van der Waals surface area contributed by atoms with Gasteiger partial charge < -0.3 is 15.4 Å². The van der Waals surface area contributed by atoms with Crippen LogP contribution in [0.1, 0.15) is 19.8 Å². The highest BCUT2D eigenvalue weighted by Crippen LogP contribution is 2.23. The van der Waals surface area contributed by atoms with Crippen molar-refractivity contribution in [3.05, 3.63) is 28.2 Å². The minimum absolute atomic E-state index is 0.0552. The molecule has 0 bridgehead atoms. The van der Waals surface area contributed by atoms with E-state index < -0.39 is 23.4 Å². The van der Waals surface area contributed by atoms with Gasteiger partial charge in [0.1, 0.15) is 5.69 Å². The van der Waals surface area contributed by atoms with Crippen molar-refractivity contribution in [2.24, 2.45) is 0 Å². The van der Waals surface area contributed by atoms with Crippen LogP contribution < -0.4 is 10.6 Å². The molecular formula is C13H15BrF2N2O2. The molecule has 2 N–H and O–H groups in total. The Balaban J connectivity index is 1.97. The molecule has 0 radical (unpaired) electrons. The lowest BCUT2D eigenvalue weighted by molar-refractivity contribution is 0.0868. The Kier molecular flexibility index (Phi) is 4.93. The van der Waals surface area contributed by atoms with Crippen LogP contribution in [0.15, 0.2) is 16.6 Å². The minimum Gasteiger partial charge on any atom is -0.376 e. The highest BCUT2D eigenvalue weighted by Gasteiger charge is 2.24. The molecule has 20 heavy (non-hydrogen) atoms. The van der Waals surface area contributed by atoms with Crippen molar-refractivity contribution in [1.29, 1.82) is 0 Å². The molecular weight excluding hydrogens is 334 g/mol. The second kappa shape index (κ2) is 6.49. The average Bonchev–Trinajstić information content (AvgIpc) is 2.87. The molecule has 0 unspecified atom stereocenters. The summed E-state index contributed by atoms with van der Waals surface area (Å²) in [6.07, 6.45) is 1.76. The molecule has 0 saturated carbocycles. The van der Waals surface area contributed by atoms with E-state index in [4.69, 9.17) is 4.74 Å². The maximum atomic E-state index is 13.6. The molecule has 110 valence electrons. The number of urea groups is 1. The van der Waals surface area contributed by atoms with Gasteiger partial charge in [0.25, 0.3) is 0 Å². The van der Waals surface area contributed by atoms with Crippen molar-refractivity contribution in [2.75, 3.05) is 11.9 Å². The number of carbonyl (C=O) groups excluding carboxylic acids is 1. The third-order valence-corrected chi connectivity index (χ3v) is 3.58. The van der Waals surface area contributed by atoms with Crippen LogP contribution in [0.5, 0.6) is 0 Å². The summed E-state index contributed by atoms with van der Waals surface area (Å²) in [5, 5.41) is 4.80. The molecule has 4 nitrogen and oxygen atoms in total. The van der Waals surface area contributed by atoms with Gasteiger partial charge in [-0.25, -0.2) is 13.6 Å². The van der Waals surface area contributed by atoms with E-state index in [1.807, 2.05) is 0 Å². The molecule has 1 aromatic carbocycles. The first-order valence-electron chi connectivity index (χ1n) is 6.31. The van der Waals surface area contributed by atoms with Gasteiger partial charge in [-0.15, -0.1) is 0 Å². The van der Waals surface area contributed by atoms with E-state index in [1.54, 1.807) is 6.92 Å². The van der Waals surface area contributed by atoms with Crippen LogP contribution in [0.25, 0.3) is 0 Å². The Bertz CT molecular complexity index is 484. The summed E-state index contributed by atoms with van der Waals surface area (Å²) >= 11 is 2.97. The summed E-state index contributed by atoms with van der Waals surface area (Å²) in [5.41, 5.74) is -0.467. The normalized spacial score (nSPS) is 19.7. The van der Waals surface area contributed by atoms with E-state index in [0.29, 0.717) is 6.61 Å². The fraction of sp³-hybridized carbons (Fsp3) is 0.462. The molecule has 1 aliphatic heterocycles. The molecule has 7 heteroatoms. The molecule has 2 atom stereocenters. The first kappa shape index (κ1) is 15.2. The van der Waals surface area contributed by atoms with Gasteiger partial charge >= 0.3 is 6.03 Å². The van der Waals surface area contributed by atoms with Gasteiger partial charge in [0.15, 0.2) is 11.6 Å². The van der Waals surface area contributed by atoms with Crippen molar-refractivity contribution < 1.29 is 18.3 Å². The van der Waals surface area contributed by atoms with Crippen molar-refractivity contribution in [1.82, 2.24) is 5.32 Å². The number of hydrogen-bond acceptors (Lipinski definition) is 2. The number of anilines is 1. The van der Waals surface area contributed by atoms with Gasteiger partial charge in [0.05, 0.1) is 12.1 Å². The quantitative estimate of drug-likeness (QED) is 0.879. The lowest BCUT2D eigenvalue weighted by Crippen LogP contribution is -2.43. The average molecular weight is 349 g/mol. The van der Waals surface area contributed by atoms with Gasteiger partial charge in [0, 0.05) is 11.1 Å². The van der Waals surface area contributed by atoms with Crippen LogP contribution in [-0.2, 0) is 4.74 Å². The monoisotopic (exact) mass is 348 g/mol. The Morgan fingerprint density at radius 1 is 1.45 bits per heavy atom. The molecule has 1 aliphatic rings. The molecule has 1 fully saturated rings. The van der Waals surface area contributed by atoms with Gasteiger partial charge in [-0.05, 0) is 31.9 Å². The second-order valence-electron chi connectivity index (χ2n) is 4.68. The lowest BCUT2D eigenvalue weighted by atomic mass is 10.1. The number of hydrogen-bond donors (Lipinski definition) is 2. The zero-order valence-corrected chi connectivity index (χ0v) is 12.5. The third kappa shape index (κ3) is 3.67. The van der Waals surface area contributed by atoms with Crippen molar-refractivity contribution in [3.8, 4) is 0 Å². The molecule has 1 heterocycles. The molecule has 1 saturated heterocycles. The van der Waals surface area contributed by atoms with E-state index in [1.165, 1.54) is 0 Å². The molecule has 2 amide bonds. The summed E-state index contributed by atoms with van der Waals surface area (Å²) in [6.45, 7) is 2.47. The first-order valence-corrected chi connectivity index (χ1v) is 7.10. The largest absolute Gasteiger partial charge is 0.376 e. The summed E-state index contributed by atoms with van der Waals surface area (Å²) in [4.78, 5) is 11.7. The number of halogens is 3. The second-order valence-corrected chi connectivity index (χ2v) is 5.60. The smallest absolute Gasteiger partial charge is 0.319 e. The van der Waals surface area contributed by atoms with Gasteiger partial charge in [-0.1, -0.05) is 15.9 Å². The Labute approximate surface area is 124 Å². The van der Waals surface area contributed by atoms with Crippen LogP contribution in [0.4, 0.5) is 19.3 Å². The molecule has 1 aromatic rings. The van der Waals surface area contributed by atoms with E-state index in [0.717, 1.165) is 25.0 Å². The van der Waals surface area contributed by atoms with Crippen LogP contribution in [0.2, 0.25) is 0 Å². The van der Waals surface area contributed by atoms with E-state index in [9.17, 15) is 13.6 Å². The SMILES string of the molecule is C[C@H](NC(=O)Nc1c(F)cc(Br)cc1F)[C@H]1CCCO1. The number of rotatable bonds is 3. The number of amides is 2. The zero-order chi connectivity index (χ0) is 14.7. The van der Waals surface area contributed by atoms with Gasteiger partial charge in [-0.2, -0.15) is 0 Å². The fourth-order valence-corrected chi connectivity index (χ4v) is 2.51. The van der Waals surface area contributed by atoms with Crippen molar-refractivity contribution >= 4 is 27.6 Å². The first-order chi connectivity index (χ1) is 9.47. The van der Waals surface area contributed by atoms with E-state index in [2.05, 4.69) is 26.6 Å². The van der Waals surface area contributed by atoms with E-state index >= 15 is 0 Å². The summed E-state index contributed by atoms with van der Waals surface area (Å²) in [6, 6.07) is 1.29. The molecule has 0 aliphatic carbocycles. The van der Waals surface area contributed by atoms with Crippen LogP contribution in [0, 0.1) is 11.6 Å². The number of nitrogens with one attached hydrogen (secondary N) is 2. The van der Waals surface area contributed by atoms with Crippen LogP contribution in [0.3, 0.4) is 0 Å². The number of ether oxygens (including phenoxy) is 1. The minimum atomic E-state index is -0.836. The van der Waals surface area contributed by atoms with Crippen molar-refractivity contribution in [2.45, 2.75) is 31.9 Å². The highest BCUT2D eigenvalue weighted by molar-refractivity contribution is 9.10. The maximum Gasteiger partial charge on any atom is 0.319 e. The number of carbonyl (C=O) groups is 1. The Morgan fingerprint density at radius 3 is 2.65 bits per heavy atom. The zero-order valence-electron chi connectivity index (χ0n) is 10.9. The van der Waals surface area contributed by atoms with E-state index in [-0.39, 0.29) is 16.6 Å². The summed E-state index contributed by atoms with van der Waals surface area (Å²) < 4.78 is 32.8. The molecule has 0 aromatic heterocycles. The summed E-state index contributed by atoms with van der Waals surface area (Å²) in [5.74, 6) is -1.67.